The number of aryl methyl sites for hydroxylation is 2. The van der Waals surface area contributed by atoms with E-state index in [0.717, 1.165) is 16.7 Å². The number of non-ortho nitro benzene ring substituents is 1. The van der Waals surface area contributed by atoms with Crippen LogP contribution in [-0.2, 0) is 4.79 Å². The Morgan fingerprint density at radius 1 is 1.22 bits per heavy atom. The second-order valence-corrected chi connectivity index (χ2v) is 8.48. The Kier molecular flexibility index (Phi) is 5.49. The van der Waals surface area contributed by atoms with Crippen molar-refractivity contribution in [3.05, 3.63) is 90.9 Å². The van der Waals surface area contributed by atoms with Gasteiger partial charge in [-0.15, -0.1) is 0 Å². The van der Waals surface area contributed by atoms with E-state index in [2.05, 4.69) is 6.07 Å². The molecule has 0 aromatic heterocycles. The third kappa shape index (κ3) is 3.43. The van der Waals surface area contributed by atoms with Gasteiger partial charge in [0, 0.05) is 29.8 Å². The number of ketones is 1. The summed E-state index contributed by atoms with van der Waals surface area (Å²) in [6.45, 7) is 3.95. The Balaban J connectivity index is 1.98. The number of rotatable bonds is 3. The van der Waals surface area contributed by atoms with Gasteiger partial charge in [0.05, 0.1) is 33.2 Å². The highest BCUT2D eigenvalue weighted by molar-refractivity contribution is 6.33. The van der Waals surface area contributed by atoms with Crippen LogP contribution in [0.15, 0.2) is 59.1 Å². The van der Waals surface area contributed by atoms with Crippen molar-refractivity contribution < 1.29 is 9.72 Å². The maximum Gasteiger partial charge on any atom is 0.271 e. The Morgan fingerprint density at radius 2 is 1.97 bits per heavy atom. The van der Waals surface area contributed by atoms with Gasteiger partial charge in [-0.3, -0.25) is 19.8 Å². The van der Waals surface area contributed by atoms with Gasteiger partial charge in [0.1, 0.15) is 5.82 Å². The summed E-state index contributed by atoms with van der Waals surface area (Å²) in [5.74, 6) is -0.405. The number of nitro benzene ring substituents is 1. The van der Waals surface area contributed by atoms with Crippen molar-refractivity contribution in [1.82, 2.24) is 0 Å². The second kappa shape index (κ2) is 8.13. The van der Waals surface area contributed by atoms with Crippen LogP contribution < -0.4 is 10.6 Å². The summed E-state index contributed by atoms with van der Waals surface area (Å²) in [6.07, 6.45) is 1.61. The first kappa shape index (κ1) is 21.6. The predicted molar refractivity (Wildman–Crippen MR) is 122 cm³/mol. The quantitative estimate of drug-likeness (QED) is 0.511. The molecule has 2 aliphatic rings. The van der Waals surface area contributed by atoms with Gasteiger partial charge in [-0.05, 0) is 43.9 Å². The topological polar surface area (TPSA) is 113 Å². The molecule has 0 bridgehead atoms. The van der Waals surface area contributed by atoms with Crippen molar-refractivity contribution in [2.24, 2.45) is 5.73 Å². The Bertz CT molecular complexity index is 1270. The molecule has 1 aliphatic carbocycles. The van der Waals surface area contributed by atoms with E-state index in [4.69, 9.17) is 17.3 Å². The summed E-state index contributed by atoms with van der Waals surface area (Å²) in [6, 6.07) is 12.2. The summed E-state index contributed by atoms with van der Waals surface area (Å²) in [7, 11) is 0. The zero-order valence-electron chi connectivity index (χ0n) is 17.7. The highest BCUT2D eigenvalue weighted by Gasteiger charge is 2.41. The minimum Gasteiger partial charge on any atom is -0.384 e. The number of Topliss-reactive ketones (excluding diaryl/α,β-unsaturated/α-hetero) is 1. The summed E-state index contributed by atoms with van der Waals surface area (Å²) < 4.78 is 0. The lowest BCUT2D eigenvalue weighted by Crippen LogP contribution is -2.39. The number of nitrogens with zero attached hydrogens (tertiary/aromatic N) is 3. The SMILES string of the molecule is Cc1ccc(C2C(C#N)=C(N)N(c3ccc([N+](=O)[O-])cc3Cl)C3=C2C(=O)CCC3)c(C)c1. The Labute approximate surface area is 190 Å². The third-order valence-electron chi connectivity index (χ3n) is 6.03. The van der Waals surface area contributed by atoms with Crippen LogP contribution in [0.1, 0.15) is 41.9 Å². The highest BCUT2D eigenvalue weighted by atomic mass is 35.5. The molecule has 2 N–H and O–H groups in total. The van der Waals surface area contributed by atoms with E-state index in [1.165, 1.54) is 18.2 Å². The Morgan fingerprint density at radius 3 is 2.59 bits per heavy atom. The van der Waals surface area contributed by atoms with E-state index in [9.17, 15) is 20.2 Å². The molecule has 1 heterocycles. The molecule has 1 aliphatic heterocycles. The predicted octanol–water partition coefficient (Wildman–Crippen LogP) is 5.17. The number of hydrogen-bond acceptors (Lipinski definition) is 6. The van der Waals surface area contributed by atoms with E-state index >= 15 is 0 Å². The lowest BCUT2D eigenvalue weighted by atomic mass is 9.74. The summed E-state index contributed by atoms with van der Waals surface area (Å²) in [5, 5.41) is 21.3. The minimum absolute atomic E-state index is 0.0282. The van der Waals surface area contributed by atoms with Gasteiger partial charge in [-0.1, -0.05) is 35.4 Å². The molecule has 0 saturated heterocycles. The molecule has 0 saturated carbocycles. The first-order valence-electron chi connectivity index (χ1n) is 10.2. The second-order valence-electron chi connectivity index (χ2n) is 8.07. The van der Waals surface area contributed by atoms with Gasteiger partial charge in [0.15, 0.2) is 5.78 Å². The van der Waals surface area contributed by atoms with Gasteiger partial charge in [0.25, 0.3) is 5.69 Å². The van der Waals surface area contributed by atoms with E-state index in [-0.39, 0.29) is 27.9 Å². The van der Waals surface area contributed by atoms with Crippen LogP contribution >= 0.6 is 11.6 Å². The maximum absolute atomic E-state index is 13.2. The van der Waals surface area contributed by atoms with Crippen LogP contribution in [0.25, 0.3) is 0 Å². The molecular weight excluding hydrogens is 428 g/mol. The van der Waals surface area contributed by atoms with Crippen LogP contribution in [-0.4, -0.2) is 10.7 Å². The van der Waals surface area contributed by atoms with Crippen molar-refractivity contribution in [2.45, 2.75) is 39.0 Å². The third-order valence-corrected chi connectivity index (χ3v) is 6.34. The lowest BCUT2D eigenvalue weighted by molar-refractivity contribution is -0.384. The molecule has 7 nitrogen and oxygen atoms in total. The number of allylic oxidation sites excluding steroid dienone is 3. The molecule has 162 valence electrons. The van der Waals surface area contributed by atoms with Gasteiger partial charge in [0.2, 0.25) is 0 Å². The van der Waals surface area contributed by atoms with Crippen molar-refractivity contribution in [1.29, 1.82) is 5.26 Å². The molecule has 8 heteroatoms. The van der Waals surface area contributed by atoms with Crippen molar-refractivity contribution >= 4 is 28.8 Å². The highest BCUT2D eigenvalue weighted by Crippen LogP contribution is 2.48. The zero-order valence-corrected chi connectivity index (χ0v) is 18.4. The standard InChI is InChI=1S/C24H21ClN4O3/c1-13-6-8-16(14(2)10-13)22-17(12-26)24(27)28(20-4-3-5-21(30)23(20)22)19-9-7-15(29(31)32)11-18(19)25/h6-11,22H,3-5,27H2,1-2H3. The molecule has 4 rings (SSSR count). The number of nitriles is 1. The fraction of sp³-hybridized carbons (Fsp3) is 0.250. The molecule has 1 unspecified atom stereocenters. The monoisotopic (exact) mass is 448 g/mol. The molecule has 2 aromatic carbocycles. The van der Waals surface area contributed by atoms with Crippen LogP contribution in [0.5, 0.6) is 0 Å². The van der Waals surface area contributed by atoms with E-state index in [0.29, 0.717) is 36.2 Å². The molecule has 0 amide bonds. The Hall–Kier alpha value is -3.63. The van der Waals surface area contributed by atoms with E-state index in [1.54, 1.807) is 4.90 Å². The number of benzene rings is 2. The van der Waals surface area contributed by atoms with Crippen LogP contribution in [0.3, 0.4) is 0 Å². The molecule has 1 atom stereocenters. The molecule has 32 heavy (non-hydrogen) atoms. The molecule has 0 spiro atoms. The van der Waals surface area contributed by atoms with Crippen molar-refractivity contribution in [2.75, 3.05) is 4.90 Å². The number of hydrogen-bond donors (Lipinski definition) is 1. The van der Waals surface area contributed by atoms with E-state index in [1.807, 2.05) is 32.0 Å². The number of anilines is 1. The summed E-state index contributed by atoms with van der Waals surface area (Å²) in [5.41, 5.74) is 11.2. The number of nitro groups is 1. The maximum atomic E-state index is 13.2. The largest absolute Gasteiger partial charge is 0.384 e. The van der Waals surface area contributed by atoms with Gasteiger partial charge >= 0.3 is 0 Å². The van der Waals surface area contributed by atoms with Crippen molar-refractivity contribution in [3.63, 3.8) is 0 Å². The molecule has 0 radical (unpaired) electrons. The van der Waals surface area contributed by atoms with Crippen LogP contribution in [0, 0.1) is 35.3 Å². The fourth-order valence-electron chi connectivity index (χ4n) is 4.61. The zero-order chi connectivity index (χ0) is 23.2. The first-order valence-corrected chi connectivity index (χ1v) is 10.6. The van der Waals surface area contributed by atoms with Gasteiger partial charge in [-0.25, -0.2) is 0 Å². The minimum atomic E-state index is -0.559. The van der Waals surface area contributed by atoms with Gasteiger partial charge < -0.3 is 5.73 Å². The van der Waals surface area contributed by atoms with E-state index < -0.39 is 10.8 Å². The average molecular weight is 449 g/mol. The fourth-order valence-corrected chi connectivity index (χ4v) is 4.87. The van der Waals surface area contributed by atoms with Crippen molar-refractivity contribution in [3.8, 4) is 6.07 Å². The molecule has 0 fully saturated rings. The lowest BCUT2D eigenvalue weighted by Gasteiger charge is -2.40. The summed E-state index contributed by atoms with van der Waals surface area (Å²) in [4.78, 5) is 25.4. The number of nitrogens with two attached hydrogens (primary N) is 1. The number of carbonyl (C=O) groups excluding carboxylic acids is 1. The number of halogens is 1. The van der Waals surface area contributed by atoms with Crippen LogP contribution in [0.2, 0.25) is 5.02 Å². The summed E-state index contributed by atoms with van der Waals surface area (Å²) >= 11 is 6.41. The molecular formula is C24H21ClN4O3. The normalized spacial score (nSPS) is 18.5. The molecule has 2 aromatic rings. The number of carbonyl (C=O) groups is 1. The first-order chi connectivity index (χ1) is 15.2. The average Bonchev–Trinajstić information content (AvgIpc) is 2.74. The van der Waals surface area contributed by atoms with Crippen LogP contribution in [0.4, 0.5) is 11.4 Å². The smallest absolute Gasteiger partial charge is 0.271 e. The van der Waals surface area contributed by atoms with Gasteiger partial charge in [-0.2, -0.15) is 5.26 Å².